The van der Waals surface area contributed by atoms with Crippen molar-refractivity contribution in [2.24, 2.45) is 34.5 Å². The predicted octanol–water partition coefficient (Wildman–Crippen LogP) is 4.73. The molecule has 0 bridgehead atoms. The van der Waals surface area contributed by atoms with Crippen molar-refractivity contribution in [3.05, 3.63) is 0 Å². The monoisotopic (exact) mass is 346 g/mol. The largest absolute Gasteiger partial charge is 0.462 e. The Morgan fingerprint density at radius 2 is 1.88 bits per heavy atom. The first-order valence-corrected chi connectivity index (χ1v) is 10.7. The third-order valence-electron chi connectivity index (χ3n) is 9.85. The molecule has 4 aliphatic carbocycles. The summed E-state index contributed by atoms with van der Waals surface area (Å²) in [4.78, 5) is 11.4. The number of ether oxygens (including phenoxy) is 2. The van der Waals surface area contributed by atoms with Crippen molar-refractivity contribution in [3.63, 3.8) is 0 Å². The Bertz CT molecular complexity index is 602. The van der Waals surface area contributed by atoms with Crippen molar-refractivity contribution in [2.45, 2.75) is 96.9 Å². The van der Waals surface area contributed by atoms with E-state index in [-0.39, 0.29) is 17.7 Å². The molecule has 5 aliphatic rings. The Morgan fingerprint density at radius 3 is 2.64 bits per heavy atom. The summed E-state index contributed by atoms with van der Waals surface area (Å²) >= 11 is 0. The van der Waals surface area contributed by atoms with Crippen molar-refractivity contribution in [1.29, 1.82) is 0 Å². The number of rotatable bonds is 1. The lowest BCUT2D eigenvalue weighted by molar-refractivity contribution is -0.157. The molecule has 0 unspecified atom stereocenters. The molecule has 3 nitrogen and oxygen atoms in total. The maximum Gasteiger partial charge on any atom is 0.302 e. The Hall–Kier alpha value is -0.570. The molecule has 25 heavy (non-hydrogen) atoms. The van der Waals surface area contributed by atoms with Crippen LogP contribution in [0.25, 0.3) is 0 Å². The second-order valence-corrected chi connectivity index (χ2v) is 10.5. The average Bonchev–Trinajstić information content (AvgIpc) is 3.15. The van der Waals surface area contributed by atoms with Gasteiger partial charge in [0.2, 0.25) is 0 Å². The van der Waals surface area contributed by atoms with Gasteiger partial charge < -0.3 is 9.47 Å². The summed E-state index contributed by atoms with van der Waals surface area (Å²) in [5.41, 5.74) is 0.885. The second kappa shape index (κ2) is 5.03. The molecule has 0 N–H and O–H groups in total. The first-order valence-electron chi connectivity index (χ1n) is 10.7. The van der Waals surface area contributed by atoms with Crippen LogP contribution in [0.15, 0.2) is 0 Å². The van der Waals surface area contributed by atoms with Crippen LogP contribution in [0.3, 0.4) is 0 Å². The summed E-state index contributed by atoms with van der Waals surface area (Å²) in [6.45, 7) is 9.14. The number of carbonyl (C=O) groups is 1. The van der Waals surface area contributed by atoms with Gasteiger partial charge in [0.15, 0.2) is 0 Å². The standard InChI is InChI=1S/C22H34O3/c1-13-5-6-17-16-11-19-22(25-19)12-15(24-14(2)23)7-10-21(22,4)18(16)8-9-20(13,17)3/h13,15-19H,5-12H2,1-4H3/t13-,15+,16+,17+,18+,19+,20-,21-,22+/m1/s1. The van der Waals surface area contributed by atoms with E-state index >= 15 is 0 Å². The first-order chi connectivity index (χ1) is 11.8. The Balaban J connectivity index is 1.43. The molecule has 0 amide bonds. The minimum Gasteiger partial charge on any atom is -0.462 e. The van der Waals surface area contributed by atoms with E-state index in [1.807, 2.05) is 0 Å². The lowest BCUT2D eigenvalue weighted by Crippen LogP contribution is -2.58. The molecule has 0 aromatic heterocycles. The smallest absolute Gasteiger partial charge is 0.302 e. The SMILES string of the molecule is CC(=O)O[C@H]1CC[C@]2(C)[C@H]3CC[C@]4(C)[C@H](C)CC[C@H]4[C@@H]3C[C@@H]3O[C@@]32C1. The van der Waals surface area contributed by atoms with Crippen LogP contribution >= 0.6 is 0 Å². The lowest BCUT2D eigenvalue weighted by atomic mass is 9.44. The van der Waals surface area contributed by atoms with Gasteiger partial charge in [-0.15, -0.1) is 0 Å². The van der Waals surface area contributed by atoms with E-state index < -0.39 is 0 Å². The Kier molecular flexibility index (Phi) is 3.34. The molecular weight excluding hydrogens is 312 g/mol. The summed E-state index contributed by atoms with van der Waals surface area (Å²) in [7, 11) is 0. The van der Waals surface area contributed by atoms with E-state index in [1.165, 1.54) is 45.4 Å². The molecule has 0 aromatic rings. The minimum atomic E-state index is -0.135. The highest BCUT2D eigenvalue weighted by molar-refractivity contribution is 5.66. The van der Waals surface area contributed by atoms with E-state index in [2.05, 4.69) is 20.8 Å². The molecule has 140 valence electrons. The molecule has 1 spiro atoms. The van der Waals surface area contributed by atoms with E-state index in [0.29, 0.717) is 16.9 Å². The molecule has 9 atom stereocenters. The average molecular weight is 347 g/mol. The Morgan fingerprint density at radius 1 is 1.08 bits per heavy atom. The fourth-order valence-corrected chi connectivity index (χ4v) is 8.24. The molecule has 1 heterocycles. The highest BCUT2D eigenvalue weighted by atomic mass is 16.6. The van der Waals surface area contributed by atoms with Crippen molar-refractivity contribution < 1.29 is 14.3 Å². The van der Waals surface area contributed by atoms with Crippen LogP contribution in [0.5, 0.6) is 0 Å². The fraction of sp³-hybridized carbons (Fsp3) is 0.955. The number of fused-ring (bicyclic) bond motifs is 4. The van der Waals surface area contributed by atoms with Crippen LogP contribution in [-0.4, -0.2) is 23.8 Å². The molecule has 0 aromatic carbocycles. The Labute approximate surface area is 152 Å². The maximum atomic E-state index is 11.4. The first kappa shape index (κ1) is 16.6. The van der Waals surface area contributed by atoms with Gasteiger partial charge in [0.25, 0.3) is 0 Å². The zero-order valence-corrected chi connectivity index (χ0v) is 16.3. The lowest BCUT2D eigenvalue weighted by Gasteiger charge is -2.59. The number of hydrogen-bond donors (Lipinski definition) is 0. The molecule has 1 aliphatic heterocycles. The van der Waals surface area contributed by atoms with Crippen LogP contribution in [0, 0.1) is 34.5 Å². The van der Waals surface area contributed by atoms with E-state index in [0.717, 1.165) is 36.5 Å². The summed E-state index contributed by atoms with van der Waals surface area (Å²) in [6, 6.07) is 0. The number of carbonyl (C=O) groups excluding carboxylic acids is 1. The quantitative estimate of drug-likeness (QED) is 0.509. The predicted molar refractivity (Wildman–Crippen MR) is 95.9 cm³/mol. The van der Waals surface area contributed by atoms with Gasteiger partial charge in [0.1, 0.15) is 11.7 Å². The topological polar surface area (TPSA) is 38.8 Å². The highest BCUT2D eigenvalue weighted by Crippen LogP contribution is 2.73. The summed E-state index contributed by atoms with van der Waals surface area (Å²) < 4.78 is 12.1. The normalized spacial score (nSPS) is 59.2. The van der Waals surface area contributed by atoms with Gasteiger partial charge in [0, 0.05) is 18.8 Å². The van der Waals surface area contributed by atoms with Gasteiger partial charge in [-0.25, -0.2) is 0 Å². The van der Waals surface area contributed by atoms with Gasteiger partial charge in [-0.3, -0.25) is 4.79 Å². The van der Waals surface area contributed by atoms with Crippen molar-refractivity contribution in [1.82, 2.24) is 0 Å². The number of hydrogen-bond acceptors (Lipinski definition) is 3. The molecule has 1 saturated heterocycles. The van der Waals surface area contributed by atoms with Gasteiger partial charge >= 0.3 is 5.97 Å². The van der Waals surface area contributed by atoms with Gasteiger partial charge in [-0.1, -0.05) is 20.8 Å². The van der Waals surface area contributed by atoms with E-state index in [1.54, 1.807) is 0 Å². The van der Waals surface area contributed by atoms with Crippen molar-refractivity contribution in [2.75, 3.05) is 0 Å². The third-order valence-corrected chi connectivity index (χ3v) is 9.85. The molecule has 4 saturated carbocycles. The fourth-order valence-electron chi connectivity index (χ4n) is 8.24. The zero-order chi connectivity index (χ0) is 17.6. The van der Waals surface area contributed by atoms with E-state index in [9.17, 15) is 4.79 Å². The summed E-state index contributed by atoms with van der Waals surface area (Å²) in [5, 5.41) is 0. The van der Waals surface area contributed by atoms with Crippen molar-refractivity contribution >= 4 is 5.97 Å². The number of esters is 1. The molecular formula is C22H34O3. The van der Waals surface area contributed by atoms with Gasteiger partial charge in [-0.2, -0.15) is 0 Å². The molecule has 5 rings (SSSR count). The second-order valence-electron chi connectivity index (χ2n) is 10.5. The van der Waals surface area contributed by atoms with Crippen LogP contribution in [-0.2, 0) is 14.3 Å². The molecule has 5 fully saturated rings. The van der Waals surface area contributed by atoms with Crippen LogP contribution in [0.4, 0.5) is 0 Å². The van der Waals surface area contributed by atoms with Crippen LogP contribution in [0.2, 0.25) is 0 Å². The van der Waals surface area contributed by atoms with Gasteiger partial charge in [-0.05, 0) is 74.0 Å². The molecule has 0 radical (unpaired) electrons. The van der Waals surface area contributed by atoms with Crippen molar-refractivity contribution in [3.8, 4) is 0 Å². The van der Waals surface area contributed by atoms with Crippen LogP contribution < -0.4 is 0 Å². The summed E-state index contributed by atoms with van der Waals surface area (Å²) in [5.74, 6) is 3.33. The third kappa shape index (κ3) is 2.00. The van der Waals surface area contributed by atoms with Gasteiger partial charge in [0.05, 0.1) is 6.10 Å². The summed E-state index contributed by atoms with van der Waals surface area (Å²) in [6.07, 6.45) is 10.5. The zero-order valence-electron chi connectivity index (χ0n) is 16.3. The maximum absolute atomic E-state index is 11.4. The van der Waals surface area contributed by atoms with Crippen LogP contribution in [0.1, 0.15) is 79.1 Å². The molecule has 3 heteroatoms. The number of epoxide rings is 1. The minimum absolute atomic E-state index is 0.0183. The van der Waals surface area contributed by atoms with E-state index in [4.69, 9.17) is 9.47 Å². The highest BCUT2D eigenvalue weighted by Gasteiger charge is 2.76.